The van der Waals surface area contributed by atoms with Crippen LogP contribution in [-0.2, 0) is 13.8 Å². The van der Waals surface area contributed by atoms with E-state index in [4.69, 9.17) is 15.4 Å². The minimum Gasteiger partial charge on any atom is -0.486 e. The van der Waals surface area contributed by atoms with Gasteiger partial charge in [0.15, 0.2) is 0 Å². The third kappa shape index (κ3) is 3.38. The molecule has 2 aliphatic rings. The van der Waals surface area contributed by atoms with Gasteiger partial charge in [-0.15, -0.1) is 0 Å². The van der Waals surface area contributed by atoms with Crippen LogP contribution in [0.25, 0.3) is 0 Å². The van der Waals surface area contributed by atoms with Gasteiger partial charge in [-0.3, -0.25) is 0 Å². The lowest BCUT2D eigenvalue weighted by atomic mass is 10.1. The summed E-state index contributed by atoms with van der Waals surface area (Å²) < 4.78 is 27.8. The van der Waals surface area contributed by atoms with E-state index < -0.39 is 9.05 Å². The van der Waals surface area contributed by atoms with E-state index in [1.54, 1.807) is 12.2 Å². The molecule has 0 saturated carbocycles. The highest BCUT2D eigenvalue weighted by atomic mass is 35.7. The molecule has 6 heteroatoms. The third-order valence-corrected chi connectivity index (χ3v) is 3.78. The Hall–Kier alpha value is -1.20. The largest absolute Gasteiger partial charge is 0.486 e. The minimum atomic E-state index is -3.63. The smallest absolute Gasteiger partial charge is 0.260 e. The van der Waals surface area contributed by atoms with Crippen molar-refractivity contribution in [2.24, 2.45) is 0 Å². The fourth-order valence-electron chi connectivity index (χ4n) is 1.55. The molecule has 1 atom stereocenters. The second-order valence-corrected chi connectivity index (χ2v) is 6.21. The summed E-state index contributed by atoms with van der Waals surface area (Å²) in [5.41, 5.74) is 0. The predicted molar refractivity (Wildman–Crippen MR) is 66.7 cm³/mol. The van der Waals surface area contributed by atoms with Crippen molar-refractivity contribution in [2.75, 3.05) is 6.54 Å². The van der Waals surface area contributed by atoms with Crippen molar-refractivity contribution in [2.45, 2.75) is 12.5 Å². The highest BCUT2D eigenvalue weighted by Crippen LogP contribution is 2.22. The molecule has 0 spiro atoms. The molecule has 1 aliphatic heterocycles. The van der Waals surface area contributed by atoms with Crippen molar-refractivity contribution >= 4 is 19.7 Å². The first kappa shape index (κ1) is 12.3. The molecular weight excluding hydrogens is 262 g/mol. The number of allylic oxidation sites excluding steroid dienone is 2. The minimum absolute atomic E-state index is 0.133. The Morgan fingerprint density at radius 1 is 1.35 bits per heavy atom. The molecule has 0 fully saturated rings. The number of dihydropyridines is 1. The van der Waals surface area contributed by atoms with Gasteiger partial charge in [-0.25, -0.2) is 8.42 Å². The van der Waals surface area contributed by atoms with E-state index in [0.29, 0.717) is 6.42 Å². The van der Waals surface area contributed by atoms with Gasteiger partial charge in [0.2, 0.25) is 0 Å². The van der Waals surface area contributed by atoms with Crippen LogP contribution in [0.2, 0.25) is 0 Å². The van der Waals surface area contributed by atoms with Crippen LogP contribution in [0.1, 0.15) is 6.42 Å². The molecule has 17 heavy (non-hydrogen) atoms. The molecule has 0 aromatic carbocycles. The summed E-state index contributed by atoms with van der Waals surface area (Å²) in [6.07, 6.45) is 10.7. The number of ether oxygens (including phenoxy) is 1. The maximum Gasteiger partial charge on any atom is 0.260 e. The van der Waals surface area contributed by atoms with Crippen LogP contribution in [0.15, 0.2) is 47.2 Å². The Labute approximate surface area is 105 Å². The average molecular weight is 274 g/mol. The van der Waals surface area contributed by atoms with Gasteiger partial charge in [-0.1, -0.05) is 6.08 Å². The van der Waals surface area contributed by atoms with Gasteiger partial charge in [0.1, 0.15) is 11.9 Å². The van der Waals surface area contributed by atoms with Crippen molar-refractivity contribution in [3.8, 4) is 0 Å². The SMILES string of the molecule is O=S(=O)(Cl)C1=CCC(OC2=CCNC=C2)C=C1. The lowest BCUT2D eigenvalue weighted by molar-refractivity contribution is 0.165. The lowest BCUT2D eigenvalue weighted by Gasteiger charge is -2.19. The zero-order valence-electron chi connectivity index (χ0n) is 8.97. The van der Waals surface area contributed by atoms with Crippen LogP contribution >= 0.6 is 10.7 Å². The Morgan fingerprint density at radius 2 is 2.18 bits per heavy atom. The molecule has 1 heterocycles. The van der Waals surface area contributed by atoms with Crippen molar-refractivity contribution in [1.82, 2.24) is 5.32 Å². The second-order valence-electron chi connectivity index (χ2n) is 3.64. The molecule has 1 N–H and O–H groups in total. The molecule has 92 valence electrons. The zero-order valence-corrected chi connectivity index (χ0v) is 10.5. The van der Waals surface area contributed by atoms with E-state index in [2.05, 4.69) is 5.32 Å². The highest BCUT2D eigenvalue weighted by molar-refractivity contribution is 8.17. The normalized spacial score (nSPS) is 23.7. The van der Waals surface area contributed by atoms with E-state index in [1.807, 2.05) is 18.4 Å². The Balaban J connectivity index is 1.97. The molecule has 1 aliphatic carbocycles. The summed E-state index contributed by atoms with van der Waals surface area (Å²) >= 11 is 0. The number of hydrogen-bond acceptors (Lipinski definition) is 4. The zero-order chi connectivity index (χ0) is 12.3. The monoisotopic (exact) mass is 273 g/mol. The molecule has 0 aromatic heterocycles. The second kappa shape index (κ2) is 4.98. The number of hydrogen-bond donors (Lipinski definition) is 1. The number of halogens is 1. The van der Waals surface area contributed by atoms with Crippen LogP contribution in [0, 0.1) is 0 Å². The van der Waals surface area contributed by atoms with Crippen LogP contribution in [0.3, 0.4) is 0 Å². The molecular formula is C11H12ClNO3S. The van der Waals surface area contributed by atoms with Crippen molar-refractivity contribution in [3.63, 3.8) is 0 Å². The predicted octanol–water partition coefficient (Wildman–Crippen LogP) is 1.78. The molecule has 2 rings (SSSR count). The number of nitrogens with one attached hydrogen (secondary N) is 1. The fraction of sp³-hybridized carbons (Fsp3) is 0.273. The van der Waals surface area contributed by atoms with Gasteiger partial charge >= 0.3 is 0 Å². The van der Waals surface area contributed by atoms with Gasteiger partial charge < -0.3 is 10.1 Å². The first-order valence-electron chi connectivity index (χ1n) is 5.15. The molecule has 4 nitrogen and oxygen atoms in total. The van der Waals surface area contributed by atoms with Gasteiger partial charge in [0, 0.05) is 29.8 Å². The summed E-state index contributed by atoms with van der Waals surface area (Å²) in [7, 11) is 1.60. The average Bonchev–Trinajstić information content (AvgIpc) is 2.30. The fourth-order valence-corrected chi connectivity index (χ4v) is 2.43. The summed E-state index contributed by atoms with van der Waals surface area (Å²) in [4.78, 5) is 0.133. The first-order chi connectivity index (χ1) is 8.05. The van der Waals surface area contributed by atoms with Crippen LogP contribution in [-0.4, -0.2) is 21.1 Å². The van der Waals surface area contributed by atoms with E-state index in [9.17, 15) is 8.42 Å². The Morgan fingerprint density at radius 3 is 2.71 bits per heavy atom. The molecule has 0 bridgehead atoms. The van der Waals surface area contributed by atoms with Gasteiger partial charge in [-0.2, -0.15) is 0 Å². The van der Waals surface area contributed by atoms with E-state index in [1.165, 1.54) is 6.08 Å². The summed E-state index contributed by atoms with van der Waals surface area (Å²) in [5, 5.41) is 3.02. The molecule has 0 amide bonds. The topological polar surface area (TPSA) is 55.4 Å². The molecule has 0 aromatic rings. The molecule has 0 saturated heterocycles. The maximum absolute atomic E-state index is 11.1. The van der Waals surface area contributed by atoms with Gasteiger partial charge in [0.05, 0.1) is 4.91 Å². The van der Waals surface area contributed by atoms with E-state index in [-0.39, 0.29) is 11.0 Å². The van der Waals surface area contributed by atoms with Gasteiger partial charge in [0.25, 0.3) is 9.05 Å². The van der Waals surface area contributed by atoms with E-state index >= 15 is 0 Å². The summed E-state index contributed by atoms with van der Waals surface area (Å²) in [6.45, 7) is 0.736. The lowest BCUT2D eigenvalue weighted by Crippen LogP contribution is -2.15. The Bertz CT molecular complexity index is 517. The third-order valence-electron chi connectivity index (χ3n) is 2.38. The maximum atomic E-state index is 11.1. The highest BCUT2D eigenvalue weighted by Gasteiger charge is 2.17. The van der Waals surface area contributed by atoms with E-state index in [0.717, 1.165) is 12.3 Å². The van der Waals surface area contributed by atoms with Crippen LogP contribution in [0.4, 0.5) is 0 Å². The van der Waals surface area contributed by atoms with Gasteiger partial charge in [-0.05, 0) is 24.3 Å². The number of rotatable bonds is 3. The van der Waals surface area contributed by atoms with Crippen molar-refractivity contribution in [1.29, 1.82) is 0 Å². The Kier molecular flexibility index (Phi) is 3.59. The van der Waals surface area contributed by atoms with Crippen molar-refractivity contribution < 1.29 is 13.2 Å². The van der Waals surface area contributed by atoms with Crippen LogP contribution in [0.5, 0.6) is 0 Å². The van der Waals surface area contributed by atoms with Crippen molar-refractivity contribution in [3.05, 3.63) is 47.2 Å². The van der Waals surface area contributed by atoms with Crippen LogP contribution < -0.4 is 5.32 Å². The summed E-state index contributed by atoms with van der Waals surface area (Å²) in [6, 6.07) is 0. The first-order valence-corrected chi connectivity index (χ1v) is 7.46. The summed E-state index contributed by atoms with van der Waals surface area (Å²) in [5.74, 6) is 0.781. The molecule has 0 radical (unpaired) electrons. The quantitative estimate of drug-likeness (QED) is 0.797. The molecule has 1 unspecified atom stereocenters. The standard InChI is InChI=1S/C11H12ClNO3S/c12-17(14,15)11-3-1-9(2-4-11)16-10-5-7-13-8-6-10/h1,3-7,9,13H,2,8H2.